The molecule has 6 nitrogen and oxygen atoms in total. The summed E-state index contributed by atoms with van der Waals surface area (Å²) in [6.45, 7) is 0. The van der Waals surface area contributed by atoms with E-state index in [9.17, 15) is 10.1 Å². The number of hydrogen-bond donors (Lipinski definition) is 1. The Morgan fingerprint density at radius 3 is 2.42 bits per heavy atom. The standard InChI is InChI=1S/C4H2Cl2N4O2/c5-2-1(10(11)12)3(7)9-4(6)8-2/h(H2,7,8,9). The smallest absolute Gasteiger partial charge is 0.348 e. The second kappa shape index (κ2) is 3.08. The maximum Gasteiger partial charge on any atom is 0.348 e. The number of nitro groups is 1. The molecule has 0 radical (unpaired) electrons. The maximum atomic E-state index is 10.3. The Hall–Kier alpha value is -1.14. The molecule has 0 unspecified atom stereocenters. The van der Waals surface area contributed by atoms with Crippen LogP contribution in [-0.2, 0) is 0 Å². The third-order valence-corrected chi connectivity index (χ3v) is 1.46. The molecule has 0 aromatic carbocycles. The fourth-order valence-electron chi connectivity index (χ4n) is 0.586. The molecule has 0 aliphatic rings. The minimum absolute atomic E-state index is 0.219. The van der Waals surface area contributed by atoms with Gasteiger partial charge in [-0.3, -0.25) is 10.1 Å². The number of nitrogens with two attached hydrogens (primary N) is 1. The number of nitrogen functional groups attached to an aromatic ring is 1. The lowest BCUT2D eigenvalue weighted by Crippen LogP contribution is -2.01. The van der Waals surface area contributed by atoms with Crippen molar-refractivity contribution in [2.24, 2.45) is 0 Å². The monoisotopic (exact) mass is 208 g/mol. The first-order valence-corrected chi connectivity index (χ1v) is 3.41. The van der Waals surface area contributed by atoms with Crippen molar-refractivity contribution in [2.45, 2.75) is 0 Å². The molecular formula is C4H2Cl2N4O2. The number of rotatable bonds is 1. The number of aromatic nitrogens is 2. The molecule has 0 saturated carbocycles. The van der Waals surface area contributed by atoms with Crippen LogP contribution in [0, 0.1) is 10.1 Å². The summed E-state index contributed by atoms with van der Waals surface area (Å²) in [7, 11) is 0. The summed E-state index contributed by atoms with van der Waals surface area (Å²) in [5.41, 5.74) is 4.63. The SMILES string of the molecule is Nc1nc(Cl)nc(Cl)c1[N+](=O)[O-]. The van der Waals surface area contributed by atoms with E-state index in [2.05, 4.69) is 9.97 Å². The topological polar surface area (TPSA) is 94.9 Å². The molecule has 0 aliphatic carbocycles. The van der Waals surface area contributed by atoms with Gasteiger partial charge >= 0.3 is 5.69 Å². The summed E-state index contributed by atoms with van der Waals surface area (Å²) in [6, 6.07) is 0. The van der Waals surface area contributed by atoms with Gasteiger partial charge in [0.1, 0.15) is 0 Å². The molecule has 12 heavy (non-hydrogen) atoms. The van der Waals surface area contributed by atoms with Gasteiger partial charge < -0.3 is 5.73 Å². The fourth-order valence-corrected chi connectivity index (χ4v) is 1.05. The molecule has 0 fully saturated rings. The summed E-state index contributed by atoms with van der Waals surface area (Å²) in [6.07, 6.45) is 0. The molecule has 1 heterocycles. The quantitative estimate of drug-likeness (QED) is 0.325. The molecule has 8 heteroatoms. The van der Waals surface area contributed by atoms with Crippen LogP contribution in [0.15, 0.2) is 0 Å². The molecule has 0 atom stereocenters. The van der Waals surface area contributed by atoms with Crippen molar-refractivity contribution in [3.05, 3.63) is 20.6 Å². The van der Waals surface area contributed by atoms with E-state index < -0.39 is 10.6 Å². The summed E-state index contributed by atoms with van der Waals surface area (Å²) in [5.74, 6) is -0.343. The van der Waals surface area contributed by atoms with Crippen LogP contribution in [0.1, 0.15) is 0 Å². The minimum atomic E-state index is -0.770. The zero-order valence-corrected chi connectivity index (χ0v) is 7.00. The highest BCUT2D eigenvalue weighted by atomic mass is 35.5. The van der Waals surface area contributed by atoms with E-state index in [1.54, 1.807) is 0 Å². The molecule has 0 spiro atoms. The van der Waals surface area contributed by atoms with Gasteiger partial charge in [-0.15, -0.1) is 0 Å². The van der Waals surface area contributed by atoms with Gasteiger partial charge in [0.15, 0.2) is 0 Å². The predicted molar refractivity (Wildman–Crippen MR) is 43.1 cm³/mol. The van der Waals surface area contributed by atoms with Crippen LogP contribution in [0.5, 0.6) is 0 Å². The van der Waals surface area contributed by atoms with Crippen molar-refractivity contribution in [1.82, 2.24) is 9.97 Å². The zero-order chi connectivity index (χ0) is 9.30. The van der Waals surface area contributed by atoms with E-state index in [0.29, 0.717) is 0 Å². The lowest BCUT2D eigenvalue weighted by atomic mass is 10.5. The van der Waals surface area contributed by atoms with E-state index in [1.165, 1.54) is 0 Å². The lowest BCUT2D eigenvalue weighted by Gasteiger charge is -1.97. The van der Waals surface area contributed by atoms with Crippen LogP contribution >= 0.6 is 23.2 Å². The van der Waals surface area contributed by atoms with E-state index in [0.717, 1.165) is 0 Å². The van der Waals surface area contributed by atoms with Gasteiger partial charge in [0.2, 0.25) is 16.3 Å². The van der Waals surface area contributed by atoms with Gasteiger partial charge in [0.25, 0.3) is 0 Å². The molecular weight excluding hydrogens is 207 g/mol. The van der Waals surface area contributed by atoms with Gasteiger partial charge in [-0.2, -0.15) is 9.97 Å². The third kappa shape index (κ3) is 1.54. The molecule has 0 bridgehead atoms. The Morgan fingerprint density at radius 2 is 2.00 bits per heavy atom. The molecule has 1 aromatic rings. The van der Waals surface area contributed by atoms with Crippen LogP contribution in [0.3, 0.4) is 0 Å². The average molecular weight is 209 g/mol. The Labute approximate surface area is 76.5 Å². The molecule has 0 saturated heterocycles. The van der Waals surface area contributed by atoms with Crippen LogP contribution in [-0.4, -0.2) is 14.9 Å². The number of hydrogen-bond acceptors (Lipinski definition) is 5. The average Bonchev–Trinajstić information content (AvgIpc) is 1.82. The number of halogens is 2. The summed E-state index contributed by atoms with van der Waals surface area (Å²) in [4.78, 5) is 16.2. The molecule has 0 amide bonds. The van der Waals surface area contributed by atoms with Crippen molar-refractivity contribution in [3.63, 3.8) is 0 Å². The van der Waals surface area contributed by atoms with Gasteiger partial charge in [-0.1, -0.05) is 11.6 Å². The third-order valence-electron chi connectivity index (χ3n) is 1.02. The molecule has 1 rings (SSSR count). The first kappa shape index (κ1) is 8.95. The largest absolute Gasteiger partial charge is 0.378 e. The Balaban J connectivity index is 3.38. The Bertz CT molecular complexity index is 319. The van der Waals surface area contributed by atoms with E-state index in [-0.39, 0.29) is 16.3 Å². The summed E-state index contributed by atoms with van der Waals surface area (Å²) in [5, 5.41) is 9.69. The highest BCUT2D eigenvalue weighted by molar-refractivity contribution is 6.33. The highest BCUT2D eigenvalue weighted by Crippen LogP contribution is 2.27. The van der Waals surface area contributed by atoms with Gasteiger partial charge in [0, 0.05) is 0 Å². The fraction of sp³-hybridized carbons (Fsp3) is 0. The normalized spacial score (nSPS) is 9.83. The zero-order valence-electron chi connectivity index (χ0n) is 5.49. The van der Waals surface area contributed by atoms with Crippen molar-refractivity contribution in [3.8, 4) is 0 Å². The van der Waals surface area contributed by atoms with Crippen molar-refractivity contribution < 1.29 is 4.92 Å². The summed E-state index contributed by atoms with van der Waals surface area (Å²) < 4.78 is 0. The summed E-state index contributed by atoms with van der Waals surface area (Å²) >= 11 is 10.7. The Kier molecular flexibility index (Phi) is 2.30. The van der Waals surface area contributed by atoms with Crippen LogP contribution in [0.25, 0.3) is 0 Å². The molecule has 0 aliphatic heterocycles. The number of anilines is 1. The second-order valence-electron chi connectivity index (χ2n) is 1.77. The molecule has 64 valence electrons. The van der Waals surface area contributed by atoms with Crippen LogP contribution in [0.2, 0.25) is 10.4 Å². The lowest BCUT2D eigenvalue weighted by molar-refractivity contribution is -0.384. The first-order valence-electron chi connectivity index (χ1n) is 2.65. The molecule has 1 aromatic heterocycles. The van der Waals surface area contributed by atoms with Crippen molar-refractivity contribution in [1.29, 1.82) is 0 Å². The van der Waals surface area contributed by atoms with Crippen molar-refractivity contribution in [2.75, 3.05) is 5.73 Å². The van der Waals surface area contributed by atoms with Crippen LogP contribution < -0.4 is 5.73 Å². The Morgan fingerprint density at radius 1 is 1.42 bits per heavy atom. The maximum absolute atomic E-state index is 10.3. The van der Waals surface area contributed by atoms with Gasteiger partial charge in [-0.05, 0) is 11.6 Å². The van der Waals surface area contributed by atoms with E-state index >= 15 is 0 Å². The van der Waals surface area contributed by atoms with Crippen molar-refractivity contribution >= 4 is 34.7 Å². The van der Waals surface area contributed by atoms with E-state index in [4.69, 9.17) is 28.9 Å². The second-order valence-corrected chi connectivity index (χ2v) is 2.47. The van der Waals surface area contributed by atoms with E-state index in [1.807, 2.05) is 0 Å². The van der Waals surface area contributed by atoms with Gasteiger partial charge in [-0.25, -0.2) is 0 Å². The van der Waals surface area contributed by atoms with Gasteiger partial charge in [0.05, 0.1) is 4.92 Å². The molecule has 2 N–H and O–H groups in total. The van der Waals surface area contributed by atoms with Crippen LogP contribution in [0.4, 0.5) is 11.5 Å². The minimum Gasteiger partial charge on any atom is -0.378 e. The first-order chi connectivity index (χ1) is 5.52. The predicted octanol–water partition coefficient (Wildman–Crippen LogP) is 1.27. The number of nitrogens with zero attached hydrogens (tertiary/aromatic N) is 3. The highest BCUT2D eigenvalue weighted by Gasteiger charge is 2.20.